The van der Waals surface area contributed by atoms with Crippen molar-refractivity contribution in [1.29, 1.82) is 21.2 Å². The van der Waals surface area contributed by atoms with Gasteiger partial charge in [-0.1, -0.05) is 30.3 Å². The Bertz CT molecular complexity index is 1400. The average Bonchev–Trinajstić information content (AvgIpc) is 3.16. The zero-order valence-electron chi connectivity index (χ0n) is 18.0. The first-order chi connectivity index (χ1) is 15.6. The second-order valence-corrected chi connectivity index (χ2v) is 8.76. The number of benzene rings is 2. The molecule has 5 heteroatoms. The number of nitrogens with one attached hydrogen (secondary N) is 1. The van der Waals surface area contributed by atoms with Crippen LogP contribution in [0.1, 0.15) is 37.7 Å². The van der Waals surface area contributed by atoms with Crippen molar-refractivity contribution < 1.29 is 0 Å². The molecule has 0 saturated heterocycles. The maximum atomic E-state index is 10.2. The zero-order valence-corrected chi connectivity index (χ0v) is 18.0. The molecule has 0 spiro atoms. The predicted octanol–water partition coefficient (Wildman–Crippen LogP) is 5.83. The Morgan fingerprint density at radius 3 is 2.53 bits per heavy atom. The molecular weight excluding hydrogens is 394 g/mol. The number of nitriles is 3. The van der Waals surface area contributed by atoms with Crippen molar-refractivity contribution in [2.45, 2.75) is 38.6 Å². The lowest BCUT2D eigenvalue weighted by Gasteiger charge is -2.45. The number of allylic oxidation sites excluding steroid dienone is 2. The summed E-state index contributed by atoms with van der Waals surface area (Å²) in [7, 11) is 0. The van der Waals surface area contributed by atoms with E-state index in [0.29, 0.717) is 0 Å². The molecule has 32 heavy (non-hydrogen) atoms. The Labute approximate surface area is 187 Å². The molecule has 0 amide bonds. The minimum absolute atomic E-state index is 0.0736. The molecule has 0 aliphatic heterocycles. The summed E-state index contributed by atoms with van der Waals surface area (Å²) < 4.78 is 2.27. The first-order valence-corrected chi connectivity index (χ1v) is 11.1. The van der Waals surface area contributed by atoms with Gasteiger partial charge in [0.05, 0.1) is 23.9 Å². The molecule has 1 fully saturated rings. The van der Waals surface area contributed by atoms with E-state index in [1.54, 1.807) is 0 Å². The van der Waals surface area contributed by atoms with E-state index in [1.807, 2.05) is 18.2 Å². The second kappa shape index (κ2) is 7.37. The molecule has 1 saturated carbocycles. The fourth-order valence-corrected chi connectivity index (χ4v) is 5.99. The van der Waals surface area contributed by atoms with Gasteiger partial charge >= 0.3 is 0 Å². The summed E-state index contributed by atoms with van der Waals surface area (Å²) in [6.45, 7) is 2.97. The summed E-state index contributed by atoms with van der Waals surface area (Å²) in [5, 5.41) is 41.3. The topological polar surface area (TPSA) is 100 Å². The van der Waals surface area contributed by atoms with Crippen LogP contribution in [-0.4, -0.2) is 10.3 Å². The van der Waals surface area contributed by atoms with Gasteiger partial charge in [0.2, 0.25) is 0 Å². The van der Waals surface area contributed by atoms with Gasteiger partial charge in [-0.15, -0.1) is 0 Å². The van der Waals surface area contributed by atoms with Crippen LogP contribution < -0.4 is 0 Å². The van der Waals surface area contributed by atoms with Gasteiger partial charge < -0.3 is 9.98 Å². The number of hydrogen-bond donors (Lipinski definition) is 1. The highest BCUT2D eigenvalue weighted by Crippen LogP contribution is 2.55. The van der Waals surface area contributed by atoms with Crippen molar-refractivity contribution in [2.75, 3.05) is 0 Å². The maximum Gasteiger partial charge on any atom is 0.189 e. The third-order valence-electron chi connectivity index (χ3n) is 7.40. The van der Waals surface area contributed by atoms with Gasteiger partial charge in [-0.05, 0) is 61.4 Å². The van der Waals surface area contributed by atoms with Crippen molar-refractivity contribution in [2.24, 2.45) is 17.3 Å². The van der Waals surface area contributed by atoms with Gasteiger partial charge in [-0.25, -0.2) is 0 Å². The highest BCUT2D eigenvalue weighted by molar-refractivity contribution is 6.08. The van der Waals surface area contributed by atoms with E-state index < -0.39 is 17.3 Å². The molecule has 2 aliphatic carbocycles. The Kier molecular flexibility index (Phi) is 4.61. The molecule has 3 atom stereocenters. The number of para-hydroxylation sites is 1. The van der Waals surface area contributed by atoms with Crippen molar-refractivity contribution in [3.63, 3.8) is 0 Å². The molecule has 2 aromatic carbocycles. The molecule has 3 aromatic rings. The van der Waals surface area contributed by atoms with Crippen molar-refractivity contribution in [3.05, 3.63) is 59.7 Å². The predicted molar refractivity (Wildman–Crippen MR) is 124 cm³/mol. The van der Waals surface area contributed by atoms with Gasteiger partial charge in [0.15, 0.2) is 5.41 Å². The van der Waals surface area contributed by atoms with E-state index >= 15 is 0 Å². The van der Waals surface area contributed by atoms with Gasteiger partial charge in [-0.3, -0.25) is 0 Å². The van der Waals surface area contributed by atoms with Gasteiger partial charge in [0.25, 0.3) is 0 Å². The van der Waals surface area contributed by atoms with E-state index in [1.165, 1.54) is 0 Å². The summed E-state index contributed by atoms with van der Waals surface area (Å²) in [6, 6.07) is 21.1. The van der Waals surface area contributed by atoms with Gasteiger partial charge in [-0.2, -0.15) is 15.8 Å². The van der Waals surface area contributed by atoms with Crippen LogP contribution in [0, 0.1) is 56.7 Å². The number of hydrogen-bond acceptors (Lipinski definition) is 4. The lowest BCUT2D eigenvalue weighted by Crippen LogP contribution is -2.48. The minimum Gasteiger partial charge on any atom is -0.341 e. The highest BCUT2D eigenvalue weighted by Gasteiger charge is 2.57. The first-order valence-electron chi connectivity index (χ1n) is 11.1. The van der Waals surface area contributed by atoms with Crippen LogP contribution >= 0.6 is 0 Å². The molecule has 156 valence electrons. The van der Waals surface area contributed by atoms with Crippen molar-refractivity contribution >= 4 is 27.5 Å². The smallest absolute Gasteiger partial charge is 0.189 e. The van der Waals surface area contributed by atoms with Crippen LogP contribution in [0.15, 0.2) is 54.1 Å². The first kappa shape index (κ1) is 20.0. The molecule has 0 bridgehead atoms. The van der Waals surface area contributed by atoms with Gasteiger partial charge in [0.1, 0.15) is 5.92 Å². The minimum atomic E-state index is -1.64. The van der Waals surface area contributed by atoms with Crippen LogP contribution in [-0.2, 0) is 6.54 Å². The number of nitrogens with zero attached hydrogens (tertiary/aromatic N) is 4. The third kappa shape index (κ3) is 2.50. The zero-order chi connectivity index (χ0) is 22.5. The normalized spacial score (nSPS) is 24.2. The third-order valence-corrected chi connectivity index (χ3v) is 7.40. The molecule has 1 N–H and O–H groups in total. The molecule has 5 nitrogen and oxygen atoms in total. The average molecular weight is 418 g/mol. The second-order valence-electron chi connectivity index (χ2n) is 8.76. The van der Waals surface area contributed by atoms with Crippen LogP contribution in [0.3, 0.4) is 0 Å². The summed E-state index contributed by atoms with van der Waals surface area (Å²) >= 11 is 0. The molecule has 0 radical (unpaired) electrons. The number of aromatic nitrogens is 1. The molecule has 2 aliphatic rings. The monoisotopic (exact) mass is 417 g/mol. The summed E-state index contributed by atoms with van der Waals surface area (Å²) in [6.07, 6.45) is 4.73. The summed E-state index contributed by atoms with van der Waals surface area (Å²) in [5.41, 5.74) is 2.39. The fourth-order valence-electron chi connectivity index (χ4n) is 5.99. The van der Waals surface area contributed by atoms with Crippen LogP contribution in [0.4, 0.5) is 0 Å². The molecular formula is C27H23N5. The van der Waals surface area contributed by atoms with E-state index in [-0.39, 0.29) is 11.6 Å². The van der Waals surface area contributed by atoms with E-state index in [4.69, 9.17) is 5.41 Å². The molecule has 1 aromatic heterocycles. The number of rotatable bonds is 2. The Morgan fingerprint density at radius 1 is 1.06 bits per heavy atom. The highest BCUT2D eigenvalue weighted by atomic mass is 15.0. The van der Waals surface area contributed by atoms with Crippen molar-refractivity contribution in [1.82, 2.24) is 4.57 Å². The summed E-state index contributed by atoms with van der Waals surface area (Å²) in [4.78, 5) is 0. The molecule has 1 heterocycles. The van der Waals surface area contributed by atoms with E-state index in [0.717, 1.165) is 58.7 Å². The Balaban J connectivity index is 1.79. The SMILES string of the molecule is CCn1c2ccccc2c2cc(C3C4CCCC=C4C(C#N)C(=N)C3(C#N)C#N)ccc21. The Morgan fingerprint density at radius 2 is 1.81 bits per heavy atom. The summed E-state index contributed by atoms with van der Waals surface area (Å²) in [5.74, 6) is -1.34. The van der Waals surface area contributed by atoms with E-state index in [9.17, 15) is 15.8 Å². The van der Waals surface area contributed by atoms with Gasteiger partial charge in [0, 0.05) is 34.3 Å². The molecule has 3 unspecified atom stereocenters. The van der Waals surface area contributed by atoms with E-state index in [2.05, 4.69) is 60.0 Å². The standard InChI is InChI=1S/C27H23N5/c1-2-32-23-10-6-5-8-19(23)21-13-17(11-12-24(21)32)25-20-9-4-3-7-18(20)22(14-28)26(31)27(25,15-29)16-30/h5-8,10-13,20,22,25,31H,2-4,9H2,1H3. The van der Waals surface area contributed by atoms with Crippen LogP contribution in [0.5, 0.6) is 0 Å². The maximum absolute atomic E-state index is 10.2. The fraction of sp³-hybridized carbons (Fsp3) is 0.333. The largest absolute Gasteiger partial charge is 0.341 e. The van der Waals surface area contributed by atoms with Crippen LogP contribution in [0.25, 0.3) is 21.8 Å². The Hall–Kier alpha value is -3.88. The lowest BCUT2D eigenvalue weighted by atomic mass is 9.53. The number of aryl methyl sites for hydroxylation is 1. The van der Waals surface area contributed by atoms with Crippen LogP contribution in [0.2, 0.25) is 0 Å². The number of fused-ring (bicyclic) bond motifs is 4. The quantitative estimate of drug-likeness (QED) is 0.531. The molecule has 5 rings (SSSR count). The van der Waals surface area contributed by atoms with Crippen molar-refractivity contribution in [3.8, 4) is 18.2 Å². The lowest BCUT2D eigenvalue weighted by molar-refractivity contribution is 0.320.